The highest BCUT2D eigenvalue weighted by Gasteiger charge is 2.72. The van der Waals surface area contributed by atoms with Crippen LogP contribution in [-0.2, 0) is 0 Å². The van der Waals surface area contributed by atoms with E-state index in [0.29, 0.717) is 35.0 Å². The molecule has 32 heavy (non-hydrogen) atoms. The van der Waals surface area contributed by atoms with E-state index in [1.807, 2.05) is 0 Å². The first-order valence-electron chi connectivity index (χ1n) is 13.7. The van der Waals surface area contributed by atoms with Crippen LogP contribution in [0.4, 0.5) is 0 Å². The maximum Gasteiger partial charge on any atom is 0.0594 e. The van der Waals surface area contributed by atoms with Crippen LogP contribution in [0.15, 0.2) is 12.2 Å². The van der Waals surface area contributed by atoms with Crippen molar-refractivity contribution in [2.75, 3.05) is 0 Å². The van der Waals surface area contributed by atoms with Gasteiger partial charge in [-0.05, 0) is 121 Å². The summed E-state index contributed by atoms with van der Waals surface area (Å²) in [7, 11) is 0. The Bertz CT molecular complexity index is 801. The van der Waals surface area contributed by atoms with E-state index in [4.69, 9.17) is 0 Å². The monoisotopic (exact) mass is 442 g/mol. The molecule has 0 heterocycles. The Hall–Kier alpha value is -0.340. The summed E-state index contributed by atoms with van der Waals surface area (Å²) in [6.07, 6.45) is 10.3. The molecule has 0 aliphatic heterocycles. The highest BCUT2D eigenvalue weighted by molar-refractivity contribution is 5.22. The van der Waals surface area contributed by atoms with Crippen LogP contribution in [0, 0.1) is 56.7 Å². The van der Waals surface area contributed by atoms with Crippen molar-refractivity contribution in [3.63, 3.8) is 0 Å². The number of allylic oxidation sites excluding steroid dienone is 1. The van der Waals surface area contributed by atoms with Gasteiger partial charge in [0.15, 0.2) is 0 Å². The van der Waals surface area contributed by atoms with Gasteiger partial charge in [-0.1, -0.05) is 53.7 Å². The normalized spacial score (nSPS) is 58.8. The van der Waals surface area contributed by atoms with Gasteiger partial charge in [0.2, 0.25) is 0 Å². The van der Waals surface area contributed by atoms with Gasteiger partial charge in [0.05, 0.1) is 12.2 Å². The lowest BCUT2D eigenvalue weighted by atomic mass is 9.32. The fraction of sp³-hybridized carbons (Fsp3) is 0.933. The SMILES string of the molecule is C=C(C)C1CCC2(C)CCC3(C)C(C(O)CC4C5(C)CCC(O)C(C)(C)C5CCC43C)C12. The molecule has 5 rings (SSSR count). The first-order valence-corrected chi connectivity index (χ1v) is 13.7. The van der Waals surface area contributed by atoms with Gasteiger partial charge in [-0.15, -0.1) is 0 Å². The van der Waals surface area contributed by atoms with Gasteiger partial charge >= 0.3 is 0 Å². The van der Waals surface area contributed by atoms with Crippen LogP contribution >= 0.6 is 0 Å². The number of hydrogen-bond donors (Lipinski definition) is 2. The number of hydrogen-bond acceptors (Lipinski definition) is 2. The third-order valence-corrected chi connectivity index (χ3v) is 13.5. The lowest BCUT2D eigenvalue weighted by molar-refractivity contribution is -0.270. The highest BCUT2D eigenvalue weighted by Crippen LogP contribution is 2.77. The van der Waals surface area contributed by atoms with Crippen molar-refractivity contribution < 1.29 is 10.2 Å². The van der Waals surface area contributed by atoms with Gasteiger partial charge < -0.3 is 10.2 Å². The van der Waals surface area contributed by atoms with Crippen molar-refractivity contribution in [2.45, 2.75) is 118 Å². The summed E-state index contributed by atoms with van der Waals surface area (Å²) in [4.78, 5) is 0. The number of fused-ring (bicyclic) bond motifs is 7. The van der Waals surface area contributed by atoms with Crippen molar-refractivity contribution in [3.8, 4) is 0 Å². The summed E-state index contributed by atoms with van der Waals surface area (Å²) in [5.41, 5.74) is 2.36. The third kappa shape index (κ3) is 2.66. The fourth-order valence-corrected chi connectivity index (χ4v) is 11.4. The molecule has 11 atom stereocenters. The van der Waals surface area contributed by atoms with E-state index in [9.17, 15) is 10.2 Å². The molecule has 0 saturated heterocycles. The zero-order chi connectivity index (χ0) is 23.5. The molecule has 0 radical (unpaired) electrons. The smallest absolute Gasteiger partial charge is 0.0594 e. The molecule has 182 valence electrons. The molecule has 0 aromatic heterocycles. The molecule has 2 nitrogen and oxygen atoms in total. The summed E-state index contributed by atoms with van der Waals surface area (Å²) in [5.74, 6) is 2.66. The topological polar surface area (TPSA) is 40.5 Å². The Morgan fingerprint density at radius 2 is 1.44 bits per heavy atom. The van der Waals surface area contributed by atoms with Crippen molar-refractivity contribution in [3.05, 3.63) is 12.2 Å². The lowest BCUT2D eigenvalue weighted by Crippen LogP contribution is -2.69. The molecule has 5 saturated carbocycles. The maximum absolute atomic E-state index is 12.0. The molecule has 0 aromatic rings. The largest absolute Gasteiger partial charge is 0.393 e. The molecular formula is C30H50O2. The van der Waals surface area contributed by atoms with Gasteiger partial charge in [0.25, 0.3) is 0 Å². The molecule has 5 aliphatic carbocycles. The Kier molecular flexibility index (Phi) is 5.02. The van der Waals surface area contributed by atoms with Crippen LogP contribution in [-0.4, -0.2) is 22.4 Å². The summed E-state index contributed by atoms with van der Waals surface area (Å²) in [5, 5.41) is 22.9. The molecule has 2 N–H and O–H groups in total. The second kappa shape index (κ2) is 6.87. The van der Waals surface area contributed by atoms with Gasteiger partial charge in [-0.25, -0.2) is 0 Å². The predicted octanol–water partition coefficient (Wildman–Crippen LogP) is 7.00. The molecule has 0 aromatic carbocycles. The van der Waals surface area contributed by atoms with Crippen LogP contribution in [0.1, 0.15) is 106 Å². The zero-order valence-electron chi connectivity index (χ0n) is 22.0. The van der Waals surface area contributed by atoms with Crippen LogP contribution < -0.4 is 0 Å². The molecular weight excluding hydrogens is 392 g/mol. The minimum Gasteiger partial charge on any atom is -0.393 e. The average molecular weight is 443 g/mol. The van der Waals surface area contributed by atoms with E-state index in [-0.39, 0.29) is 33.9 Å². The van der Waals surface area contributed by atoms with Gasteiger partial charge in [0.1, 0.15) is 0 Å². The average Bonchev–Trinajstić information content (AvgIpc) is 3.05. The van der Waals surface area contributed by atoms with Crippen molar-refractivity contribution in [1.82, 2.24) is 0 Å². The number of aliphatic hydroxyl groups excluding tert-OH is 2. The van der Waals surface area contributed by atoms with Gasteiger partial charge in [0, 0.05) is 0 Å². The van der Waals surface area contributed by atoms with E-state index >= 15 is 0 Å². The quantitative estimate of drug-likeness (QED) is 0.429. The minimum absolute atomic E-state index is 0.0291. The molecule has 0 spiro atoms. The molecule has 0 amide bonds. The fourth-order valence-electron chi connectivity index (χ4n) is 11.4. The van der Waals surface area contributed by atoms with Crippen molar-refractivity contribution in [1.29, 1.82) is 0 Å². The Morgan fingerprint density at radius 1 is 0.750 bits per heavy atom. The predicted molar refractivity (Wildman–Crippen MR) is 132 cm³/mol. The first kappa shape index (κ1) is 23.4. The Labute approximate surface area is 197 Å². The van der Waals surface area contributed by atoms with Crippen molar-refractivity contribution in [2.24, 2.45) is 56.7 Å². The van der Waals surface area contributed by atoms with E-state index in [0.717, 1.165) is 19.3 Å². The molecule has 11 unspecified atom stereocenters. The molecule has 5 aliphatic rings. The minimum atomic E-state index is -0.201. The van der Waals surface area contributed by atoms with E-state index < -0.39 is 0 Å². The zero-order valence-corrected chi connectivity index (χ0v) is 22.0. The Balaban J connectivity index is 1.58. The highest BCUT2D eigenvalue weighted by atomic mass is 16.3. The van der Waals surface area contributed by atoms with Gasteiger partial charge in [-0.2, -0.15) is 0 Å². The van der Waals surface area contributed by atoms with E-state index in [2.05, 4.69) is 55.0 Å². The molecule has 0 bridgehead atoms. The van der Waals surface area contributed by atoms with E-state index in [1.54, 1.807) is 0 Å². The van der Waals surface area contributed by atoms with Crippen molar-refractivity contribution >= 4 is 0 Å². The summed E-state index contributed by atoms with van der Waals surface area (Å²) in [6, 6.07) is 0. The summed E-state index contributed by atoms with van der Waals surface area (Å²) >= 11 is 0. The standard InChI is InChI=1S/C30H50O2/c1-18(2)19-9-12-27(5)15-16-30(8)25(24(19)27)20(31)17-22-28(6)13-11-23(32)26(3,4)21(28)10-14-29(22,30)7/h19-25,31-32H,1,9-17H2,2-8H3. The third-order valence-electron chi connectivity index (χ3n) is 13.5. The molecule has 5 fully saturated rings. The second-order valence-electron chi connectivity index (χ2n) is 14.9. The van der Waals surface area contributed by atoms with Crippen LogP contribution in [0.5, 0.6) is 0 Å². The van der Waals surface area contributed by atoms with E-state index in [1.165, 1.54) is 44.1 Å². The number of aliphatic hydroxyl groups is 2. The first-order chi connectivity index (χ1) is 14.7. The maximum atomic E-state index is 12.0. The summed E-state index contributed by atoms with van der Waals surface area (Å²) in [6.45, 7) is 21.6. The van der Waals surface area contributed by atoms with Gasteiger partial charge in [-0.3, -0.25) is 0 Å². The summed E-state index contributed by atoms with van der Waals surface area (Å²) < 4.78 is 0. The number of rotatable bonds is 1. The Morgan fingerprint density at radius 3 is 2.09 bits per heavy atom. The van der Waals surface area contributed by atoms with Crippen LogP contribution in [0.25, 0.3) is 0 Å². The second-order valence-corrected chi connectivity index (χ2v) is 14.9. The molecule has 2 heteroatoms. The van der Waals surface area contributed by atoms with Crippen LogP contribution in [0.2, 0.25) is 0 Å². The van der Waals surface area contributed by atoms with Crippen LogP contribution in [0.3, 0.4) is 0 Å². The lowest BCUT2D eigenvalue weighted by Gasteiger charge is -2.73.